The van der Waals surface area contributed by atoms with Crippen LogP contribution in [0.1, 0.15) is 13.3 Å². The van der Waals surface area contributed by atoms with E-state index in [0.717, 1.165) is 55.2 Å². The van der Waals surface area contributed by atoms with Gasteiger partial charge in [-0.15, -0.1) is 0 Å². The van der Waals surface area contributed by atoms with E-state index < -0.39 is 0 Å². The lowest BCUT2D eigenvalue weighted by molar-refractivity contribution is -0.120. The van der Waals surface area contributed by atoms with E-state index in [2.05, 4.69) is 4.90 Å². The first kappa shape index (κ1) is 24.3. The molecule has 4 rings (SSSR count). The Morgan fingerprint density at radius 1 is 1.09 bits per heavy atom. The summed E-state index contributed by atoms with van der Waals surface area (Å²) in [5.41, 5.74) is 0.779. The maximum absolute atomic E-state index is 13.3. The number of hydrogen-bond donors (Lipinski definition) is 0. The summed E-state index contributed by atoms with van der Waals surface area (Å²) in [4.78, 5) is 22.2. The highest BCUT2D eigenvalue weighted by molar-refractivity contribution is 7.22. The van der Waals surface area contributed by atoms with Crippen LogP contribution >= 0.6 is 11.3 Å². The van der Waals surface area contributed by atoms with Gasteiger partial charge in [0.05, 0.1) is 31.6 Å². The van der Waals surface area contributed by atoms with Crippen LogP contribution in [0.5, 0.6) is 17.2 Å². The van der Waals surface area contributed by atoms with Gasteiger partial charge in [0, 0.05) is 26.2 Å². The molecule has 0 N–H and O–H groups in total. The summed E-state index contributed by atoms with van der Waals surface area (Å²) >= 11 is 1.49. The van der Waals surface area contributed by atoms with Crippen LogP contribution in [0, 0.1) is 0 Å². The van der Waals surface area contributed by atoms with Crippen LogP contribution in [0.4, 0.5) is 5.13 Å². The summed E-state index contributed by atoms with van der Waals surface area (Å²) in [5.74, 6) is 1.71. The zero-order valence-corrected chi connectivity index (χ0v) is 20.5. The molecule has 3 aromatic rings. The number of rotatable bonds is 11. The third kappa shape index (κ3) is 5.97. The number of amides is 1. The number of ether oxygens (including phenoxy) is 4. The molecule has 8 nitrogen and oxygen atoms in total. The zero-order valence-electron chi connectivity index (χ0n) is 19.7. The molecule has 0 atom stereocenters. The molecular weight excluding hydrogens is 454 g/mol. The van der Waals surface area contributed by atoms with Gasteiger partial charge in [-0.3, -0.25) is 14.6 Å². The minimum Gasteiger partial charge on any atom is -0.493 e. The van der Waals surface area contributed by atoms with Gasteiger partial charge in [-0.2, -0.15) is 0 Å². The number of thiazole rings is 1. The van der Waals surface area contributed by atoms with Gasteiger partial charge >= 0.3 is 0 Å². The van der Waals surface area contributed by atoms with Crippen LogP contribution < -0.4 is 19.1 Å². The fraction of sp³-hybridized carbons (Fsp3) is 0.440. The Hall–Kier alpha value is -2.88. The summed E-state index contributed by atoms with van der Waals surface area (Å²) in [7, 11) is 1.58. The largest absolute Gasteiger partial charge is 0.493 e. The Bertz CT molecular complexity index is 1080. The number of benzene rings is 2. The summed E-state index contributed by atoms with van der Waals surface area (Å²) in [5, 5.41) is 0.651. The van der Waals surface area contributed by atoms with Crippen LogP contribution in [0.15, 0.2) is 42.5 Å². The zero-order chi connectivity index (χ0) is 23.8. The summed E-state index contributed by atoms with van der Waals surface area (Å²) in [6.07, 6.45) is 0.828. The van der Waals surface area contributed by atoms with Crippen molar-refractivity contribution < 1.29 is 23.7 Å². The van der Waals surface area contributed by atoms with Crippen molar-refractivity contribution in [3.63, 3.8) is 0 Å². The van der Waals surface area contributed by atoms with E-state index >= 15 is 0 Å². The van der Waals surface area contributed by atoms with E-state index in [9.17, 15) is 4.79 Å². The minimum absolute atomic E-state index is 0.105. The molecule has 0 aliphatic carbocycles. The molecule has 1 aliphatic rings. The molecule has 1 aromatic heterocycles. The fourth-order valence-corrected chi connectivity index (χ4v) is 4.89. The second-order valence-electron chi connectivity index (χ2n) is 7.82. The van der Waals surface area contributed by atoms with Crippen molar-refractivity contribution >= 4 is 32.6 Å². The average Bonchev–Trinajstić information content (AvgIpc) is 3.31. The second-order valence-corrected chi connectivity index (χ2v) is 8.83. The van der Waals surface area contributed by atoms with Crippen molar-refractivity contribution in [2.75, 3.05) is 64.6 Å². The van der Waals surface area contributed by atoms with E-state index in [1.165, 1.54) is 11.3 Å². The van der Waals surface area contributed by atoms with Crippen LogP contribution in [0.25, 0.3) is 10.2 Å². The Labute approximate surface area is 204 Å². The van der Waals surface area contributed by atoms with E-state index in [1.807, 2.05) is 43.3 Å². The molecule has 1 aliphatic heterocycles. The molecule has 9 heteroatoms. The standard InChI is InChI=1S/C25H31N3O5S/c1-3-32-21-10-6-11-22-24(21)26-25(34-22)28(13-7-12-27-14-16-31-17-15-27)23(29)18-33-20-9-5-4-8-19(20)30-2/h4-6,8-11H,3,7,12-18H2,1-2H3. The fourth-order valence-electron chi connectivity index (χ4n) is 3.86. The Kier molecular flexibility index (Phi) is 8.56. The molecule has 34 heavy (non-hydrogen) atoms. The topological polar surface area (TPSA) is 73.4 Å². The van der Waals surface area contributed by atoms with Gasteiger partial charge in [0.1, 0.15) is 11.3 Å². The summed E-state index contributed by atoms with van der Waals surface area (Å²) < 4.78 is 23.3. The molecule has 2 heterocycles. The normalized spacial score (nSPS) is 14.2. The number of hydrogen-bond acceptors (Lipinski definition) is 8. The van der Waals surface area contributed by atoms with Crippen LogP contribution in [-0.2, 0) is 9.53 Å². The highest BCUT2D eigenvalue weighted by Gasteiger charge is 2.22. The van der Waals surface area contributed by atoms with Gasteiger partial charge in [-0.05, 0) is 37.6 Å². The number of carbonyl (C=O) groups excluding carboxylic acids is 1. The molecule has 0 bridgehead atoms. The monoisotopic (exact) mass is 485 g/mol. The third-order valence-corrected chi connectivity index (χ3v) is 6.63. The first-order valence-electron chi connectivity index (χ1n) is 11.6. The van der Waals surface area contributed by atoms with Gasteiger partial charge in [0.25, 0.3) is 5.91 Å². The van der Waals surface area contributed by atoms with Crippen molar-refractivity contribution in [2.24, 2.45) is 0 Å². The summed E-state index contributed by atoms with van der Waals surface area (Å²) in [6, 6.07) is 13.2. The number of carbonyl (C=O) groups is 1. The van der Waals surface area contributed by atoms with Crippen LogP contribution in [0.2, 0.25) is 0 Å². The molecule has 182 valence electrons. The Morgan fingerprint density at radius 3 is 2.62 bits per heavy atom. The number of anilines is 1. The molecule has 2 aromatic carbocycles. The molecule has 1 amide bonds. The van der Waals surface area contributed by atoms with E-state index in [-0.39, 0.29) is 12.5 Å². The van der Waals surface area contributed by atoms with Gasteiger partial charge in [0.15, 0.2) is 23.2 Å². The quantitative estimate of drug-likeness (QED) is 0.409. The van der Waals surface area contributed by atoms with Gasteiger partial charge in [-0.1, -0.05) is 29.5 Å². The number of nitrogens with zero attached hydrogens (tertiary/aromatic N) is 3. The van der Waals surface area contributed by atoms with Gasteiger partial charge in [0.2, 0.25) is 0 Å². The third-order valence-electron chi connectivity index (χ3n) is 5.58. The Morgan fingerprint density at radius 2 is 1.85 bits per heavy atom. The summed E-state index contributed by atoms with van der Waals surface area (Å²) in [6.45, 7) is 7.20. The predicted octanol–water partition coefficient (Wildman–Crippen LogP) is 3.84. The minimum atomic E-state index is -0.148. The highest BCUT2D eigenvalue weighted by atomic mass is 32.1. The number of aromatic nitrogens is 1. The van der Waals surface area contributed by atoms with Crippen molar-refractivity contribution in [3.8, 4) is 17.2 Å². The van der Waals surface area contributed by atoms with Gasteiger partial charge in [-0.25, -0.2) is 4.98 Å². The lowest BCUT2D eigenvalue weighted by atomic mass is 10.3. The maximum Gasteiger partial charge on any atom is 0.266 e. The first-order chi connectivity index (χ1) is 16.7. The maximum atomic E-state index is 13.3. The van der Waals surface area contributed by atoms with Crippen LogP contribution in [-0.4, -0.2) is 75.5 Å². The lowest BCUT2D eigenvalue weighted by Gasteiger charge is -2.27. The molecule has 0 saturated carbocycles. The van der Waals surface area contributed by atoms with Crippen LogP contribution in [0.3, 0.4) is 0 Å². The molecule has 0 unspecified atom stereocenters. The first-order valence-corrected chi connectivity index (χ1v) is 12.4. The molecule has 0 radical (unpaired) electrons. The number of morpholine rings is 1. The molecule has 0 spiro atoms. The highest BCUT2D eigenvalue weighted by Crippen LogP contribution is 2.34. The van der Waals surface area contributed by atoms with Gasteiger partial charge < -0.3 is 18.9 Å². The lowest BCUT2D eigenvalue weighted by Crippen LogP contribution is -2.40. The second kappa shape index (κ2) is 12.0. The number of methoxy groups -OCH3 is 1. The van der Waals surface area contributed by atoms with Crippen molar-refractivity contribution in [2.45, 2.75) is 13.3 Å². The number of fused-ring (bicyclic) bond motifs is 1. The Balaban J connectivity index is 1.51. The molecular formula is C25H31N3O5S. The number of para-hydroxylation sites is 3. The average molecular weight is 486 g/mol. The van der Waals surface area contributed by atoms with Crippen molar-refractivity contribution in [1.29, 1.82) is 0 Å². The van der Waals surface area contributed by atoms with Crippen molar-refractivity contribution in [1.82, 2.24) is 9.88 Å². The SMILES string of the molecule is CCOc1cccc2sc(N(CCCN3CCOCC3)C(=O)COc3ccccc3OC)nc12. The molecule has 1 saturated heterocycles. The molecule has 1 fully saturated rings. The van der Waals surface area contributed by atoms with Crippen molar-refractivity contribution in [3.05, 3.63) is 42.5 Å². The smallest absolute Gasteiger partial charge is 0.266 e. The van der Waals surface area contributed by atoms with E-state index in [4.69, 9.17) is 23.9 Å². The predicted molar refractivity (Wildman–Crippen MR) is 134 cm³/mol. The van der Waals surface area contributed by atoms with E-state index in [1.54, 1.807) is 18.1 Å². The van der Waals surface area contributed by atoms with E-state index in [0.29, 0.717) is 29.8 Å².